The van der Waals surface area contributed by atoms with Crippen molar-refractivity contribution in [3.8, 4) is 0 Å². The fourth-order valence-corrected chi connectivity index (χ4v) is 6.02. The zero-order valence-corrected chi connectivity index (χ0v) is 32.7. The number of rotatable bonds is 24. The van der Waals surface area contributed by atoms with Gasteiger partial charge in [-0.3, -0.25) is 14.5 Å². The summed E-state index contributed by atoms with van der Waals surface area (Å²) in [5.41, 5.74) is 5.16. The average Bonchev–Trinajstić information content (AvgIpc) is 3.60. The number of hydrogen-bond acceptors (Lipinski definition) is 14. The van der Waals surface area contributed by atoms with E-state index in [2.05, 4.69) is 46.4 Å². The van der Waals surface area contributed by atoms with Gasteiger partial charge in [-0.2, -0.15) is 0 Å². The number of quaternary nitrogens is 1. The molecule has 0 unspecified atom stereocenters. The normalized spacial score (nSPS) is 13.1. The van der Waals surface area contributed by atoms with Crippen LogP contribution >= 0.6 is 22.9 Å². The first-order valence-corrected chi connectivity index (χ1v) is 18.6. The molecular weight excluding hydrogens is 749 g/mol. The van der Waals surface area contributed by atoms with E-state index in [-0.39, 0.29) is 24.2 Å². The number of piperazine rings is 1. The van der Waals surface area contributed by atoms with E-state index in [0.29, 0.717) is 138 Å². The largest absolute Gasteiger partial charge is 1.00 e. The van der Waals surface area contributed by atoms with Gasteiger partial charge < -0.3 is 62.7 Å². The van der Waals surface area contributed by atoms with Crippen LogP contribution in [0, 0.1) is 13.8 Å². The number of thiazole rings is 1. The number of benzene rings is 1. The number of nitrogens with one attached hydrogen (secondary N) is 3. The molecule has 0 saturated carbocycles. The van der Waals surface area contributed by atoms with Crippen molar-refractivity contribution < 1.29 is 51.4 Å². The van der Waals surface area contributed by atoms with E-state index >= 15 is 0 Å². The second-order valence-electron chi connectivity index (χ2n) is 11.7. The van der Waals surface area contributed by atoms with E-state index in [4.69, 9.17) is 35.3 Å². The van der Waals surface area contributed by atoms with Crippen molar-refractivity contribution in [2.24, 2.45) is 0 Å². The van der Waals surface area contributed by atoms with Crippen LogP contribution in [0.25, 0.3) is 0 Å². The second kappa shape index (κ2) is 25.0. The Morgan fingerprint density at radius 3 is 2.13 bits per heavy atom. The molecule has 16 nitrogen and oxygen atoms in total. The molecule has 1 saturated heterocycles. The van der Waals surface area contributed by atoms with E-state index < -0.39 is 0 Å². The smallest absolute Gasteiger partial charge is 0.267 e. The molecule has 1 aliphatic heterocycles. The Morgan fingerprint density at radius 2 is 1.51 bits per heavy atom. The molecule has 19 heteroatoms. The molecular formula is C34H51Cl2N9O7S. The number of amides is 2. The molecule has 1 aromatic carbocycles. The number of aromatic nitrogens is 3. The minimum absolute atomic E-state index is 0. The van der Waals surface area contributed by atoms with Crippen LogP contribution in [0.1, 0.15) is 21.1 Å². The first-order valence-electron chi connectivity index (χ1n) is 17.4. The molecule has 294 valence electrons. The Balaban J connectivity index is 0.00000756. The van der Waals surface area contributed by atoms with Crippen molar-refractivity contribution in [3.05, 3.63) is 51.7 Å². The van der Waals surface area contributed by atoms with Crippen LogP contribution in [-0.4, -0.2) is 144 Å². The standard InChI is InChI=1S/C34H50ClN9O7S.ClH/c1-25-4-3-5-27(35)32(25)42-33(46)28-23-38-34(52-28)41-29-22-30(40-26(2)39-29)44-10-8-43(9-11-44)24-31(45)37-7-13-48-15-17-50-19-21-51-20-18-49-16-14-47-12-6-36;/h3-5,22-23H,6-21,24,36H2,1-2H3,(H,37,45)(H,42,46)(H,38,39,40,41);1H. The van der Waals surface area contributed by atoms with Crippen LogP contribution in [0.2, 0.25) is 5.02 Å². The topological polar surface area (TPSA) is 189 Å². The SMILES string of the molecule is Cc1nc(Nc2ncc(C(=O)Nc3c(C)cccc3Cl)s2)cc(N2CCN(CC(=O)NCCOCCOCCOCCOCCOCC[NH3+])CC2)n1.[Cl-]. The highest BCUT2D eigenvalue weighted by atomic mass is 35.5. The molecule has 4 rings (SSSR count). The number of nitrogens with zero attached hydrogens (tertiary/aromatic N) is 5. The molecule has 0 atom stereocenters. The Kier molecular flexibility index (Phi) is 20.8. The maximum Gasteiger partial charge on any atom is 0.267 e. The van der Waals surface area contributed by atoms with Gasteiger partial charge in [0, 0.05) is 38.8 Å². The summed E-state index contributed by atoms with van der Waals surface area (Å²) >= 11 is 7.49. The summed E-state index contributed by atoms with van der Waals surface area (Å²) in [6.07, 6.45) is 1.52. The molecule has 2 amide bonds. The van der Waals surface area contributed by atoms with Crippen molar-refractivity contribution in [1.82, 2.24) is 25.2 Å². The van der Waals surface area contributed by atoms with Crippen LogP contribution < -0.4 is 39.0 Å². The fourth-order valence-electron chi connectivity index (χ4n) is 5.03. The lowest BCUT2D eigenvalue weighted by Crippen LogP contribution is -3.00. The zero-order valence-electron chi connectivity index (χ0n) is 30.4. The molecule has 0 aliphatic carbocycles. The Hall–Kier alpha value is -3.23. The zero-order chi connectivity index (χ0) is 37.0. The lowest BCUT2D eigenvalue weighted by molar-refractivity contribution is -0.374. The van der Waals surface area contributed by atoms with Crippen LogP contribution in [0.3, 0.4) is 0 Å². The minimum Gasteiger partial charge on any atom is -1.00 e. The third-order valence-corrected chi connectivity index (χ3v) is 8.88. The summed E-state index contributed by atoms with van der Waals surface area (Å²) in [6.45, 7) is 13.2. The number of carbonyl (C=O) groups excluding carboxylic acids is 2. The van der Waals surface area contributed by atoms with Crippen molar-refractivity contribution in [1.29, 1.82) is 0 Å². The highest BCUT2D eigenvalue weighted by Crippen LogP contribution is 2.28. The summed E-state index contributed by atoms with van der Waals surface area (Å²) in [5.74, 6) is 1.64. The van der Waals surface area contributed by atoms with E-state index in [9.17, 15) is 9.59 Å². The number of halogens is 2. The quantitative estimate of drug-likeness (QED) is 0.0790. The molecule has 0 spiro atoms. The van der Waals surface area contributed by atoms with Crippen LogP contribution in [0.15, 0.2) is 30.5 Å². The Bertz CT molecular complexity index is 1510. The first kappa shape index (κ1) is 44.2. The highest BCUT2D eigenvalue weighted by molar-refractivity contribution is 7.17. The number of aryl methyl sites for hydroxylation is 2. The minimum atomic E-state index is -0.290. The predicted octanol–water partition coefficient (Wildman–Crippen LogP) is -1.23. The average molecular weight is 801 g/mol. The molecule has 53 heavy (non-hydrogen) atoms. The van der Waals surface area contributed by atoms with Crippen molar-refractivity contribution >= 4 is 57.2 Å². The van der Waals surface area contributed by atoms with Crippen LogP contribution in [0.4, 0.5) is 22.5 Å². The summed E-state index contributed by atoms with van der Waals surface area (Å²) in [5, 5.41) is 10.0. The van der Waals surface area contributed by atoms with Gasteiger partial charge in [0.2, 0.25) is 5.91 Å². The lowest BCUT2D eigenvalue weighted by atomic mass is 10.2. The molecule has 3 heterocycles. The van der Waals surface area contributed by atoms with Crippen molar-refractivity contribution in [3.63, 3.8) is 0 Å². The number of carbonyl (C=O) groups is 2. The number of hydrogen-bond donors (Lipinski definition) is 4. The van der Waals surface area contributed by atoms with Gasteiger partial charge in [0.25, 0.3) is 5.91 Å². The van der Waals surface area contributed by atoms with Gasteiger partial charge in [0.1, 0.15) is 22.3 Å². The molecule has 6 N–H and O–H groups in total. The van der Waals surface area contributed by atoms with Crippen molar-refractivity contribution in [2.75, 3.05) is 127 Å². The van der Waals surface area contributed by atoms with Crippen molar-refractivity contribution in [2.45, 2.75) is 13.8 Å². The van der Waals surface area contributed by atoms with Crippen LogP contribution in [-0.2, 0) is 28.5 Å². The first-order chi connectivity index (χ1) is 25.3. The van der Waals surface area contributed by atoms with Gasteiger partial charge in [0.15, 0.2) is 5.13 Å². The Morgan fingerprint density at radius 1 is 0.887 bits per heavy atom. The number of anilines is 4. The van der Waals surface area contributed by atoms with Crippen LogP contribution in [0.5, 0.6) is 0 Å². The van der Waals surface area contributed by atoms with E-state index in [1.54, 1.807) is 6.07 Å². The predicted molar refractivity (Wildman–Crippen MR) is 200 cm³/mol. The fraction of sp³-hybridized carbons (Fsp3) is 0.559. The number of para-hydroxylation sites is 1. The summed E-state index contributed by atoms with van der Waals surface area (Å²) < 4.78 is 27.2. The van der Waals surface area contributed by atoms with Gasteiger partial charge in [-0.25, -0.2) is 15.0 Å². The van der Waals surface area contributed by atoms with E-state index in [0.717, 1.165) is 17.9 Å². The summed E-state index contributed by atoms with van der Waals surface area (Å²) in [4.78, 5) is 43.6. The van der Waals surface area contributed by atoms with Gasteiger partial charge in [-0.15, -0.1) is 0 Å². The molecule has 3 aromatic rings. The summed E-state index contributed by atoms with van der Waals surface area (Å²) in [7, 11) is 0. The maximum absolute atomic E-state index is 12.9. The maximum atomic E-state index is 12.9. The molecule has 2 aromatic heterocycles. The number of ether oxygens (including phenoxy) is 5. The third kappa shape index (κ3) is 16.4. The van der Waals surface area contributed by atoms with E-state index in [1.165, 1.54) is 17.5 Å². The summed E-state index contributed by atoms with van der Waals surface area (Å²) in [6, 6.07) is 7.32. The monoisotopic (exact) mass is 799 g/mol. The third-order valence-electron chi connectivity index (χ3n) is 7.66. The highest BCUT2D eigenvalue weighted by Gasteiger charge is 2.21. The molecule has 0 bridgehead atoms. The Labute approximate surface area is 325 Å². The van der Waals surface area contributed by atoms with Gasteiger partial charge in [-0.05, 0) is 25.5 Å². The molecule has 1 aliphatic rings. The van der Waals surface area contributed by atoms with Gasteiger partial charge in [-0.1, -0.05) is 35.1 Å². The molecule has 0 radical (unpaired) electrons. The second-order valence-corrected chi connectivity index (χ2v) is 13.2. The van der Waals surface area contributed by atoms with Gasteiger partial charge in [0.05, 0.1) is 96.1 Å². The molecule has 1 fully saturated rings. The lowest BCUT2D eigenvalue weighted by Gasteiger charge is -2.35. The van der Waals surface area contributed by atoms with Gasteiger partial charge >= 0.3 is 0 Å². The van der Waals surface area contributed by atoms with E-state index in [1.807, 2.05) is 32.0 Å².